The average molecular weight is 722 g/mol. The summed E-state index contributed by atoms with van der Waals surface area (Å²) in [6.45, 7) is 3.32. The van der Waals surface area contributed by atoms with E-state index in [1.54, 1.807) is 29.2 Å². The van der Waals surface area contributed by atoms with E-state index in [-0.39, 0.29) is 25.4 Å². The SMILES string of the molecule is C[C@@H](Cn1cnnn1)Oc1cc(-c2cnc(Nc3cn([C@H]4CC[C@H](N(C)[C@@H]5CCCCOC5)CC4)nc3OCCOCC(F)F)nc2)ccc1C#N. The molecule has 2 aliphatic rings. The van der Waals surface area contributed by atoms with Crippen molar-refractivity contribution in [1.29, 1.82) is 5.26 Å². The third-order valence-corrected chi connectivity index (χ3v) is 9.48. The first-order valence-corrected chi connectivity index (χ1v) is 17.7. The number of tetrazole rings is 1. The van der Waals surface area contributed by atoms with Gasteiger partial charge in [0.25, 0.3) is 12.3 Å². The average Bonchev–Trinajstić information content (AvgIpc) is 3.72. The molecule has 1 N–H and O–H groups in total. The lowest BCUT2D eigenvalue weighted by atomic mass is 9.89. The fraction of sp³-hybridized carbons (Fsp3) is 0.571. The predicted molar refractivity (Wildman–Crippen MR) is 185 cm³/mol. The van der Waals surface area contributed by atoms with Crippen LogP contribution < -0.4 is 14.8 Å². The molecule has 52 heavy (non-hydrogen) atoms. The highest BCUT2D eigenvalue weighted by molar-refractivity contribution is 5.67. The quantitative estimate of drug-likeness (QED) is 0.153. The van der Waals surface area contributed by atoms with Gasteiger partial charge < -0.3 is 24.3 Å². The lowest BCUT2D eigenvalue weighted by molar-refractivity contribution is 0.00717. The lowest BCUT2D eigenvalue weighted by Crippen LogP contribution is -2.44. The lowest BCUT2D eigenvalue weighted by Gasteiger charge is -2.38. The fourth-order valence-electron chi connectivity index (χ4n) is 6.70. The molecule has 1 aliphatic heterocycles. The van der Waals surface area contributed by atoms with E-state index in [2.05, 4.69) is 48.8 Å². The minimum Gasteiger partial charge on any atom is -0.487 e. The molecule has 1 aliphatic carbocycles. The molecule has 15 nitrogen and oxygen atoms in total. The van der Waals surface area contributed by atoms with E-state index in [1.165, 1.54) is 19.2 Å². The van der Waals surface area contributed by atoms with Crippen LogP contribution in [0.2, 0.25) is 0 Å². The summed E-state index contributed by atoms with van der Waals surface area (Å²) in [7, 11) is 2.22. The molecular weight excluding hydrogens is 676 g/mol. The Morgan fingerprint density at radius 1 is 1.08 bits per heavy atom. The van der Waals surface area contributed by atoms with Crippen LogP contribution in [0.1, 0.15) is 63.5 Å². The van der Waals surface area contributed by atoms with Gasteiger partial charge in [0, 0.05) is 36.6 Å². The topological polar surface area (TPSA) is 163 Å². The van der Waals surface area contributed by atoms with Crippen molar-refractivity contribution >= 4 is 11.6 Å². The minimum atomic E-state index is -2.55. The molecule has 2 fully saturated rings. The number of halogens is 2. The van der Waals surface area contributed by atoms with E-state index in [0.717, 1.165) is 50.9 Å². The number of nitrogens with zero attached hydrogens (tertiary/aromatic N) is 10. The van der Waals surface area contributed by atoms with Crippen molar-refractivity contribution in [3.05, 3.63) is 48.7 Å². The van der Waals surface area contributed by atoms with Crippen LogP contribution in [0.15, 0.2) is 43.1 Å². The molecule has 4 aromatic rings. The van der Waals surface area contributed by atoms with Crippen LogP contribution in [0.25, 0.3) is 11.1 Å². The van der Waals surface area contributed by atoms with Gasteiger partial charge in [0.1, 0.15) is 43.2 Å². The second-order valence-corrected chi connectivity index (χ2v) is 13.2. The zero-order valence-corrected chi connectivity index (χ0v) is 29.5. The predicted octanol–water partition coefficient (Wildman–Crippen LogP) is 5.05. The molecule has 2 atom stereocenters. The Hall–Kier alpha value is -4.79. The number of benzene rings is 1. The number of alkyl halides is 2. The summed E-state index contributed by atoms with van der Waals surface area (Å²) in [5.41, 5.74) is 2.43. The Kier molecular flexibility index (Phi) is 12.9. The van der Waals surface area contributed by atoms with Crippen LogP contribution in [0.4, 0.5) is 20.4 Å². The van der Waals surface area contributed by atoms with Crippen molar-refractivity contribution < 1.29 is 27.7 Å². The molecular formula is C35H45F2N11O4. The number of anilines is 2. The number of aromatic nitrogens is 8. The van der Waals surface area contributed by atoms with Crippen LogP contribution in [0.3, 0.4) is 0 Å². The fourth-order valence-corrected chi connectivity index (χ4v) is 6.70. The first kappa shape index (κ1) is 37.0. The van der Waals surface area contributed by atoms with Gasteiger partial charge in [-0.15, -0.1) is 10.2 Å². The number of hydrogen-bond acceptors (Lipinski definition) is 13. The van der Waals surface area contributed by atoms with Crippen LogP contribution >= 0.6 is 0 Å². The van der Waals surface area contributed by atoms with Crippen molar-refractivity contribution in [3.8, 4) is 28.8 Å². The molecule has 17 heteroatoms. The number of nitriles is 1. The van der Waals surface area contributed by atoms with Gasteiger partial charge in [0.05, 0.1) is 37.6 Å². The maximum absolute atomic E-state index is 12.6. The molecule has 0 radical (unpaired) electrons. The molecule has 1 saturated heterocycles. The number of nitrogens with one attached hydrogen (secondary N) is 1. The van der Waals surface area contributed by atoms with Gasteiger partial charge in [-0.3, -0.25) is 9.58 Å². The summed E-state index contributed by atoms with van der Waals surface area (Å²) in [6.07, 6.45) is 11.4. The largest absolute Gasteiger partial charge is 0.487 e. The van der Waals surface area contributed by atoms with Gasteiger partial charge in [0.2, 0.25) is 5.95 Å². The summed E-state index contributed by atoms with van der Waals surface area (Å²) < 4.78 is 51.5. The molecule has 1 saturated carbocycles. The molecule has 4 heterocycles. The summed E-state index contributed by atoms with van der Waals surface area (Å²) in [4.78, 5) is 11.6. The smallest absolute Gasteiger partial charge is 0.261 e. The van der Waals surface area contributed by atoms with E-state index in [1.807, 2.05) is 23.9 Å². The van der Waals surface area contributed by atoms with Gasteiger partial charge in [0.15, 0.2) is 0 Å². The third kappa shape index (κ3) is 9.96. The molecule has 0 spiro atoms. The van der Waals surface area contributed by atoms with Crippen molar-refractivity contribution in [2.24, 2.45) is 0 Å². The van der Waals surface area contributed by atoms with E-state index < -0.39 is 13.0 Å². The number of hydrogen-bond donors (Lipinski definition) is 1. The molecule has 0 unspecified atom stereocenters. The monoisotopic (exact) mass is 721 g/mol. The van der Waals surface area contributed by atoms with Crippen LogP contribution in [-0.4, -0.2) is 110 Å². The zero-order valence-electron chi connectivity index (χ0n) is 29.5. The van der Waals surface area contributed by atoms with Crippen LogP contribution in [0.5, 0.6) is 11.6 Å². The minimum absolute atomic E-state index is 0.00309. The molecule has 278 valence electrons. The number of rotatable bonds is 16. The van der Waals surface area contributed by atoms with Crippen molar-refractivity contribution in [2.75, 3.05) is 45.4 Å². The summed E-state index contributed by atoms with van der Waals surface area (Å²) in [5.74, 6) is 1.06. The Morgan fingerprint density at radius 2 is 1.90 bits per heavy atom. The molecule has 0 bridgehead atoms. The van der Waals surface area contributed by atoms with Crippen molar-refractivity contribution in [2.45, 2.75) is 89.1 Å². The molecule has 0 amide bonds. The zero-order chi connectivity index (χ0) is 36.3. The number of ether oxygens (including phenoxy) is 4. The van der Waals surface area contributed by atoms with E-state index in [9.17, 15) is 14.0 Å². The van der Waals surface area contributed by atoms with Gasteiger partial charge in [-0.25, -0.2) is 23.4 Å². The summed E-state index contributed by atoms with van der Waals surface area (Å²) >= 11 is 0. The second kappa shape index (κ2) is 18.1. The summed E-state index contributed by atoms with van der Waals surface area (Å²) in [5, 5.41) is 28.8. The normalized spacial score (nSPS) is 20.0. The maximum Gasteiger partial charge on any atom is 0.261 e. The highest BCUT2D eigenvalue weighted by Gasteiger charge is 2.30. The van der Waals surface area contributed by atoms with Gasteiger partial charge in [-0.05, 0) is 87.0 Å². The van der Waals surface area contributed by atoms with E-state index in [0.29, 0.717) is 53.0 Å². The van der Waals surface area contributed by atoms with Gasteiger partial charge in [-0.2, -0.15) is 5.26 Å². The second-order valence-electron chi connectivity index (χ2n) is 13.2. The highest BCUT2D eigenvalue weighted by atomic mass is 19.3. The van der Waals surface area contributed by atoms with E-state index >= 15 is 0 Å². The maximum atomic E-state index is 12.6. The standard InChI is InChI=1S/C35H45F2N11O4/c1-24(19-47-23-41-44-45-47)52-32-15-25(6-7-26(32)16-38)27-17-39-35(40-18-27)42-31-20-48(43-34(31)51-14-13-50-22-33(36)37)29-10-8-28(9-11-29)46(2)30-5-3-4-12-49-21-30/h6-7,15,17-18,20,23-24,28-30,33H,3-5,8-14,19,21-22H2,1-2H3,(H,39,40,42)/t24-,28-,29-,30+/m0/s1. The van der Waals surface area contributed by atoms with Crippen molar-refractivity contribution in [3.63, 3.8) is 0 Å². The Labute approximate surface area is 301 Å². The van der Waals surface area contributed by atoms with E-state index in [4.69, 9.17) is 24.0 Å². The van der Waals surface area contributed by atoms with Gasteiger partial charge >= 0.3 is 0 Å². The molecule has 1 aromatic carbocycles. The molecule has 6 rings (SSSR count). The Bertz CT molecular complexity index is 1720. The first-order valence-electron chi connectivity index (χ1n) is 17.7. The van der Waals surface area contributed by atoms with Crippen LogP contribution in [0, 0.1) is 11.3 Å². The third-order valence-electron chi connectivity index (χ3n) is 9.48. The summed E-state index contributed by atoms with van der Waals surface area (Å²) in [6, 6.07) is 8.58. The highest BCUT2D eigenvalue weighted by Crippen LogP contribution is 2.35. The number of likely N-dealkylation sites (N-methyl/N-ethyl adjacent to an activating group) is 1. The Balaban J connectivity index is 1.12. The van der Waals surface area contributed by atoms with Crippen molar-refractivity contribution in [1.82, 2.24) is 44.9 Å². The first-order chi connectivity index (χ1) is 25.4. The van der Waals surface area contributed by atoms with Crippen LogP contribution in [-0.2, 0) is 16.0 Å². The Morgan fingerprint density at radius 3 is 2.65 bits per heavy atom. The van der Waals surface area contributed by atoms with Gasteiger partial charge in [-0.1, -0.05) is 6.07 Å². The molecule has 3 aromatic heterocycles.